The Hall–Kier alpha value is -2.31. The Bertz CT molecular complexity index is 1010. The molecule has 1 atom stereocenters. The number of phenols is 1. The maximum absolute atomic E-state index is 13.1. The van der Waals surface area contributed by atoms with Gasteiger partial charge in [0.25, 0.3) is 0 Å². The van der Waals surface area contributed by atoms with Crippen molar-refractivity contribution in [3.05, 3.63) is 75.5 Å². The highest BCUT2D eigenvalue weighted by molar-refractivity contribution is 6.35. The Labute approximate surface area is 156 Å². The molecule has 1 aliphatic heterocycles. The first kappa shape index (κ1) is 17.1. The second-order valence-corrected chi connectivity index (χ2v) is 6.78. The van der Waals surface area contributed by atoms with Gasteiger partial charge in [0.2, 0.25) is 0 Å². The van der Waals surface area contributed by atoms with Gasteiger partial charge in [-0.25, -0.2) is 0 Å². The number of benzene rings is 2. The largest absolute Gasteiger partial charge is 0.506 e. The van der Waals surface area contributed by atoms with E-state index in [1.54, 1.807) is 16.8 Å². The fourth-order valence-electron chi connectivity index (χ4n) is 3.16. The lowest BCUT2D eigenvalue weighted by molar-refractivity contribution is -0.137. The van der Waals surface area contributed by atoms with Crippen LogP contribution in [-0.4, -0.2) is 9.67 Å². The molecule has 3 nitrogen and oxygen atoms in total. The molecule has 0 aliphatic carbocycles. The molecule has 0 bridgehead atoms. The zero-order chi connectivity index (χ0) is 18.6. The quantitative estimate of drug-likeness (QED) is 0.525. The lowest BCUT2D eigenvalue weighted by atomic mass is 9.99. The second kappa shape index (κ2) is 5.86. The van der Waals surface area contributed by atoms with Crippen LogP contribution in [-0.2, 0) is 6.18 Å². The van der Waals surface area contributed by atoms with Gasteiger partial charge in [-0.05, 0) is 42.5 Å². The summed E-state index contributed by atoms with van der Waals surface area (Å²) in [6.07, 6.45) is -2.71. The summed E-state index contributed by atoms with van der Waals surface area (Å²) in [5.41, 5.74) is 1.24. The molecule has 3 aromatic rings. The standard InChI is InChI=1S/C18H11Cl2F3N2O/c19-10-7-11(17(26)12(20)8-10)16-15-2-1-5-25(15)14-4-3-9(18(21,22)23)6-13(14)24-16/h1-8,16,24,26H/t16-/m1/s1. The fraction of sp³-hybridized carbons (Fsp3) is 0.111. The highest BCUT2D eigenvalue weighted by Crippen LogP contribution is 2.44. The summed E-state index contributed by atoms with van der Waals surface area (Å²) < 4.78 is 41.0. The van der Waals surface area contributed by atoms with Crippen molar-refractivity contribution in [2.45, 2.75) is 12.2 Å². The van der Waals surface area contributed by atoms with Crippen LogP contribution in [0.1, 0.15) is 22.9 Å². The molecule has 2 heterocycles. The van der Waals surface area contributed by atoms with Crippen LogP contribution < -0.4 is 5.32 Å². The first-order valence-electron chi connectivity index (χ1n) is 7.59. The number of hydrogen-bond donors (Lipinski definition) is 2. The van der Waals surface area contributed by atoms with Gasteiger partial charge in [-0.1, -0.05) is 23.2 Å². The van der Waals surface area contributed by atoms with Crippen molar-refractivity contribution in [2.24, 2.45) is 0 Å². The number of fused-ring (bicyclic) bond motifs is 3. The number of alkyl halides is 3. The summed E-state index contributed by atoms with van der Waals surface area (Å²) in [4.78, 5) is 0. The molecule has 8 heteroatoms. The van der Waals surface area contributed by atoms with Gasteiger partial charge in [0.15, 0.2) is 0 Å². The first-order chi connectivity index (χ1) is 12.3. The van der Waals surface area contributed by atoms with E-state index in [4.69, 9.17) is 23.2 Å². The normalized spacial score (nSPS) is 16.0. The van der Waals surface area contributed by atoms with Crippen LogP contribution in [0.3, 0.4) is 0 Å². The number of rotatable bonds is 1. The molecule has 0 radical (unpaired) electrons. The molecular formula is C18H11Cl2F3N2O. The molecule has 0 amide bonds. The molecule has 1 aliphatic rings. The monoisotopic (exact) mass is 398 g/mol. The van der Waals surface area contributed by atoms with E-state index in [-0.39, 0.29) is 10.8 Å². The Balaban J connectivity index is 1.89. The van der Waals surface area contributed by atoms with Gasteiger partial charge in [0, 0.05) is 22.5 Å². The summed E-state index contributed by atoms with van der Waals surface area (Å²) in [6.45, 7) is 0. The van der Waals surface area contributed by atoms with Crippen LogP contribution >= 0.6 is 23.2 Å². The summed E-state index contributed by atoms with van der Waals surface area (Å²) in [5.74, 6) is -0.170. The van der Waals surface area contributed by atoms with Gasteiger partial charge < -0.3 is 15.0 Å². The molecule has 0 saturated carbocycles. The van der Waals surface area contributed by atoms with Gasteiger partial charge in [-0.15, -0.1) is 0 Å². The number of aromatic hydroxyl groups is 1. The van der Waals surface area contributed by atoms with E-state index in [1.807, 2.05) is 6.07 Å². The molecule has 1 aromatic heterocycles. The van der Waals surface area contributed by atoms with E-state index in [0.717, 1.165) is 17.8 Å². The van der Waals surface area contributed by atoms with Crippen molar-refractivity contribution in [3.8, 4) is 11.4 Å². The zero-order valence-corrected chi connectivity index (χ0v) is 14.5. The lowest BCUT2D eigenvalue weighted by Gasteiger charge is -2.31. The molecule has 0 saturated heterocycles. The average molecular weight is 399 g/mol. The Kier molecular flexibility index (Phi) is 3.86. The van der Waals surface area contributed by atoms with E-state index in [9.17, 15) is 18.3 Å². The third-order valence-electron chi connectivity index (χ3n) is 4.33. The van der Waals surface area contributed by atoms with Crippen LogP contribution in [0.2, 0.25) is 10.0 Å². The van der Waals surface area contributed by atoms with Crippen molar-refractivity contribution in [3.63, 3.8) is 0 Å². The van der Waals surface area contributed by atoms with Crippen molar-refractivity contribution in [1.29, 1.82) is 0 Å². The first-order valence-corrected chi connectivity index (χ1v) is 8.34. The molecule has 2 N–H and O–H groups in total. The number of halogens is 5. The number of phenolic OH excluding ortho intramolecular Hbond substituents is 1. The van der Waals surface area contributed by atoms with Crippen LogP contribution in [0.5, 0.6) is 5.75 Å². The van der Waals surface area contributed by atoms with Crippen molar-refractivity contribution in [1.82, 2.24) is 4.57 Å². The average Bonchev–Trinajstić information content (AvgIpc) is 3.06. The predicted molar refractivity (Wildman–Crippen MR) is 94.4 cm³/mol. The predicted octanol–water partition coefficient (Wildman–Crippen LogP) is 6.02. The maximum Gasteiger partial charge on any atom is 0.416 e. The van der Waals surface area contributed by atoms with Crippen LogP contribution in [0.15, 0.2) is 48.7 Å². The van der Waals surface area contributed by atoms with E-state index in [1.165, 1.54) is 18.2 Å². The van der Waals surface area contributed by atoms with Crippen molar-refractivity contribution >= 4 is 28.9 Å². The van der Waals surface area contributed by atoms with Crippen LogP contribution in [0.4, 0.5) is 18.9 Å². The van der Waals surface area contributed by atoms with E-state index in [0.29, 0.717) is 22.0 Å². The van der Waals surface area contributed by atoms with E-state index >= 15 is 0 Å². The zero-order valence-electron chi connectivity index (χ0n) is 13.0. The molecule has 0 unspecified atom stereocenters. The van der Waals surface area contributed by atoms with E-state index in [2.05, 4.69) is 5.32 Å². The molecule has 0 fully saturated rings. The maximum atomic E-state index is 13.1. The summed E-state index contributed by atoms with van der Waals surface area (Å²) in [6, 6.07) is 9.42. The minimum Gasteiger partial charge on any atom is -0.506 e. The Morgan fingerprint density at radius 3 is 2.58 bits per heavy atom. The van der Waals surface area contributed by atoms with Gasteiger partial charge in [0.05, 0.1) is 28.0 Å². The minimum absolute atomic E-state index is 0.0715. The van der Waals surface area contributed by atoms with Gasteiger partial charge in [-0.2, -0.15) is 13.2 Å². The summed E-state index contributed by atoms with van der Waals surface area (Å²) in [7, 11) is 0. The SMILES string of the molecule is Oc1c(Cl)cc(Cl)cc1[C@H]1Nc2cc(C(F)(F)F)ccc2-n2cccc21. The lowest BCUT2D eigenvalue weighted by Crippen LogP contribution is -2.23. The molecule has 134 valence electrons. The van der Waals surface area contributed by atoms with Gasteiger partial charge in [-0.3, -0.25) is 0 Å². The minimum atomic E-state index is -4.45. The Morgan fingerprint density at radius 2 is 1.85 bits per heavy atom. The smallest absolute Gasteiger partial charge is 0.416 e. The third-order valence-corrected chi connectivity index (χ3v) is 4.83. The molecular weight excluding hydrogens is 388 g/mol. The highest BCUT2D eigenvalue weighted by atomic mass is 35.5. The number of anilines is 1. The Morgan fingerprint density at radius 1 is 1.08 bits per heavy atom. The molecule has 2 aromatic carbocycles. The van der Waals surface area contributed by atoms with Gasteiger partial charge in [0.1, 0.15) is 5.75 Å². The van der Waals surface area contributed by atoms with E-state index < -0.39 is 17.8 Å². The fourth-order valence-corrected chi connectivity index (χ4v) is 3.67. The third kappa shape index (κ3) is 2.70. The van der Waals surface area contributed by atoms with Crippen LogP contribution in [0, 0.1) is 0 Å². The number of nitrogens with one attached hydrogen (secondary N) is 1. The number of aromatic nitrogens is 1. The molecule has 26 heavy (non-hydrogen) atoms. The summed E-state index contributed by atoms with van der Waals surface area (Å²) in [5, 5.41) is 13.8. The molecule has 0 spiro atoms. The number of hydrogen-bond acceptors (Lipinski definition) is 2. The topological polar surface area (TPSA) is 37.2 Å². The second-order valence-electron chi connectivity index (χ2n) is 5.94. The van der Waals surface area contributed by atoms with Gasteiger partial charge >= 0.3 is 6.18 Å². The van der Waals surface area contributed by atoms with Crippen molar-refractivity contribution < 1.29 is 18.3 Å². The molecule has 4 rings (SSSR count). The van der Waals surface area contributed by atoms with Crippen LogP contribution in [0.25, 0.3) is 5.69 Å². The van der Waals surface area contributed by atoms with Crippen molar-refractivity contribution in [2.75, 3.05) is 5.32 Å². The highest BCUT2D eigenvalue weighted by Gasteiger charge is 2.34. The summed E-state index contributed by atoms with van der Waals surface area (Å²) >= 11 is 12.1. The number of nitrogens with zero attached hydrogens (tertiary/aromatic N) is 1.